The minimum Gasteiger partial charge on any atom is -0.254 e. The molecule has 0 aromatic carbocycles. The highest BCUT2D eigenvalue weighted by atomic mass is 14.7. The van der Waals surface area contributed by atoms with Crippen LogP contribution in [-0.2, 0) is 0 Å². The molecule has 0 atom stereocenters. The summed E-state index contributed by atoms with van der Waals surface area (Å²) in [5.74, 6) is 0. The van der Waals surface area contributed by atoms with Crippen molar-refractivity contribution >= 4 is 12.7 Å². The van der Waals surface area contributed by atoms with Crippen LogP contribution >= 0.6 is 0 Å². The topological polar surface area (TPSA) is 25.8 Å². The van der Waals surface area contributed by atoms with Crippen molar-refractivity contribution < 1.29 is 0 Å². The molecule has 12 heavy (non-hydrogen) atoms. The monoisotopic (exact) mass is 160 g/mol. The van der Waals surface area contributed by atoms with E-state index in [-0.39, 0.29) is 0 Å². The average molecular weight is 160 g/mol. The van der Waals surface area contributed by atoms with Gasteiger partial charge in [0.05, 0.1) is 10.7 Å². The van der Waals surface area contributed by atoms with Crippen molar-refractivity contribution in [2.24, 2.45) is 0 Å². The summed E-state index contributed by atoms with van der Waals surface area (Å²) in [6.45, 7) is 7.79. The Labute approximate surface area is 72.0 Å². The van der Waals surface area contributed by atoms with Crippen molar-refractivity contribution in [1.82, 2.24) is 9.97 Å². The second-order valence-electron chi connectivity index (χ2n) is 2.57. The van der Waals surface area contributed by atoms with Gasteiger partial charge in [0.1, 0.15) is 0 Å². The second-order valence-corrected chi connectivity index (χ2v) is 2.57. The van der Waals surface area contributed by atoms with Gasteiger partial charge in [0.2, 0.25) is 0 Å². The quantitative estimate of drug-likeness (QED) is 0.602. The van der Waals surface area contributed by atoms with Crippen molar-refractivity contribution in [2.45, 2.75) is 13.8 Å². The average Bonchev–Trinajstić information content (AvgIpc) is 2.09. The third-order valence-corrected chi connectivity index (χ3v) is 1.63. The first-order valence-electron chi connectivity index (χ1n) is 3.84. The largest absolute Gasteiger partial charge is 0.254 e. The number of allylic oxidation sites excluding steroid dienone is 2. The van der Waals surface area contributed by atoms with E-state index in [4.69, 9.17) is 0 Å². The summed E-state index contributed by atoms with van der Waals surface area (Å²) in [5.41, 5.74) is 1.17. The highest BCUT2D eigenvalue weighted by molar-refractivity contribution is 5.42. The number of hydrogen-bond acceptors (Lipinski definition) is 2. The molecule has 2 nitrogen and oxygen atoms in total. The number of nitrogens with zero attached hydrogens (tertiary/aromatic N) is 2. The maximum Gasteiger partial charge on any atom is 0.0883 e. The lowest BCUT2D eigenvalue weighted by molar-refractivity contribution is 1.10. The van der Waals surface area contributed by atoms with Gasteiger partial charge >= 0.3 is 0 Å². The number of hydrogen-bond donors (Lipinski definition) is 0. The zero-order valence-electron chi connectivity index (χ0n) is 7.41. The van der Waals surface area contributed by atoms with Gasteiger partial charge in [-0.05, 0) is 19.9 Å². The van der Waals surface area contributed by atoms with Crippen molar-refractivity contribution in [3.8, 4) is 0 Å². The Bertz CT molecular complexity index is 391. The van der Waals surface area contributed by atoms with Crippen molar-refractivity contribution in [1.29, 1.82) is 0 Å². The Hall–Kier alpha value is -1.44. The molecule has 0 unspecified atom stereocenters. The Morgan fingerprint density at radius 2 is 2.08 bits per heavy atom. The van der Waals surface area contributed by atoms with Gasteiger partial charge in [-0.25, -0.2) is 0 Å². The van der Waals surface area contributed by atoms with Crippen molar-refractivity contribution in [3.05, 3.63) is 34.7 Å². The first kappa shape index (κ1) is 8.65. The molecular weight excluding hydrogens is 148 g/mol. The molecule has 1 rings (SSSR count). The molecule has 0 aliphatic heterocycles. The van der Waals surface area contributed by atoms with E-state index in [1.165, 1.54) is 5.57 Å². The molecule has 0 spiro atoms. The summed E-state index contributed by atoms with van der Waals surface area (Å²) >= 11 is 0. The molecular formula is C10H12N2. The van der Waals surface area contributed by atoms with Crippen LogP contribution in [0, 0.1) is 0 Å². The zero-order chi connectivity index (χ0) is 8.97. The van der Waals surface area contributed by atoms with Gasteiger partial charge in [0, 0.05) is 12.4 Å². The lowest BCUT2D eigenvalue weighted by Gasteiger charge is -1.88. The molecule has 0 amide bonds. The van der Waals surface area contributed by atoms with Crippen LogP contribution in [0.3, 0.4) is 0 Å². The summed E-state index contributed by atoms with van der Waals surface area (Å²) in [7, 11) is 0. The highest BCUT2D eigenvalue weighted by Crippen LogP contribution is 1.89. The van der Waals surface area contributed by atoms with E-state index in [1.807, 2.05) is 26.0 Å². The van der Waals surface area contributed by atoms with Crippen LogP contribution in [-0.4, -0.2) is 9.97 Å². The first-order valence-corrected chi connectivity index (χ1v) is 3.84. The molecule has 0 saturated heterocycles. The van der Waals surface area contributed by atoms with Crippen LogP contribution in [0.2, 0.25) is 0 Å². The number of aromatic nitrogens is 2. The van der Waals surface area contributed by atoms with E-state index in [1.54, 1.807) is 12.4 Å². The van der Waals surface area contributed by atoms with Gasteiger partial charge in [-0.2, -0.15) is 0 Å². The Morgan fingerprint density at radius 3 is 2.67 bits per heavy atom. The standard InChI is InChI=1S/C10H12N2/c1-4-8(2)7-10-9(3)11-5-6-12-10/h4-7H,3H2,1-2H3/b8-4-,10-7+. The lowest BCUT2D eigenvalue weighted by Crippen LogP contribution is -2.29. The Kier molecular flexibility index (Phi) is 2.75. The van der Waals surface area contributed by atoms with Crippen LogP contribution in [0.25, 0.3) is 12.7 Å². The maximum absolute atomic E-state index is 4.14. The fraction of sp³-hybridized carbons (Fsp3) is 0.200. The Balaban J connectivity index is 3.29. The number of rotatable bonds is 1. The summed E-state index contributed by atoms with van der Waals surface area (Å²) in [5, 5.41) is 1.56. The van der Waals surface area contributed by atoms with Gasteiger partial charge in [0.15, 0.2) is 0 Å². The minimum atomic E-state index is 0.721. The summed E-state index contributed by atoms with van der Waals surface area (Å²) in [4.78, 5) is 8.18. The fourth-order valence-corrected chi connectivity index (χ4v) is 0.797. The van der Waals surface area contributed by atoms with Crippen LogP contribution in [0.1, 0.15) is 13.8 Å². The van der Waals surface area contributed by atoms with Crippen LogP contribution in [0.4, 0.5) is 0 Å². The van der Waals surface area contributed by atoms with Gasteiger partial charge in [-0.15, -0.1) is 0 Å². The molecule has 1 aromatic rings. The third kappa shape index (κ3) is 2.02. The molecule has 0 radical (unpaired) electrons. The predicted octanol–water partition coefficient (Wildman–Crippen LogP) is 0.634. The van der Waals surface area contributed by atoms with E-state index in [9.17, 15) is 0 Å². The highest BCUT2D eigenvalue weighted by Gasteiger charge is 1.83. The summed E-state index contributed by atoms with van der Waals surface area (Å²) < 4.78 is 0. The summed E-state index contributed by atoms with van der Waals surface area (Å²) in [6.07, 6.45) is 7.30. The minimum absolute atomic E-state index is 0.721. The van der Waals surface area contributed by atoms with E-state index in [0.717, 1.165) is 10.7 Å². The van der Waals surface area contributed by atoms with Crippen LogP contribution in [0.15, 0.2) is 24.0 Å². The second kappa shape index (κ2) is 3.81. The molecule has 0 saturated carbocycles. The van der Waals surface area contributed by atoms with E-state index >= 15 is 0 Å². The molecule has 0 aliphatic rings. The predicted molar refractivity (Wildman–Crippen MR) is 50.7 cm³/mol. The molecule has 0 N–H and O–H groups in total. The van der Waals surface area contributed by atoms with Gasteiger partial charge in [0.25, 0.3) is 0 Å². The molecule has 1 aromatic heterocycles. The van der Waals surface area contributed by atoms with Crippen LogP contribution < -0.4 is 10.7 Å². The maximum atomic E-state index is 4.14. The van der Waals surface area contributed by atoms with Crippen LogP contribution in [0.5, 0.6) is 0 Å². The fourth-order valence-electron chi connectivity index (χ4n) is 0.797. The van der Waals surface area contributed by atoms with Crippen molar-refractivity contribution in [3.63, 3.8) is 0 Å². The van der Waals surface area contributed by atoms with Crippen molar-refractivity contribution in [2.75, 3.05) is 0 Å². The third-order valence-electron chi connectivity index (χ3n) is 1.63. The normalized spacial score (nSPS) is 13.5. The van der Waals surface area contributed by atoms with Gasteiger partial charge in [-0.3, -0.25) is 9.97 Å². The molecule has 1 heterocycles. The van der Waals surface area contributed by atoms with Gasteiger partial charge in [-0.1, -0.05) is 18.2 Å². The molecule has 0 aliphatic carbocycles. The molecule has 62 valence electrons. The van der Waals surface area contributed by atoms with E-state index in [0.29, 0.717) is 0 Å². The molecule has 0 fully saturated rings. The Morgan fingerprint density at radius 1 is 1.42 bits per heavy atom. The van der Waals surface area contributed by atoms with Gasteiger partial charge < -0.3 is 0 Å². The lowest BCUT2D eigenvalue weighted by atomic mass is 10.2. The van der Waals surface area contributed by atoms with E-state index < -0.39 is 0 Å². The smallest absolute Gasteiger partial charge is 0.0883 e. The summed E-state index contributed by atoms with van der Waals surface area (Å²) in [6, 6.07) is 0. The molecule has 0 bridgehead atoms. The van der Waals surface area contributed by atoms with E-state index in [2.05, 4.69) is 16.5 Å². The first-order chi connectivity index (χ1) is 5.74. The molecule has 2 heteroatoms. The zero-order valence-corrected chi connectivity index (χ0v) is 7.41. The SMILES string of the molecule is C=c1nccn/c1=C/C(C)=C\C.